The number of methoxy groups -OCH3 is 2. The number of benzene rings is 2. The van der Waals surface area contributed by atoms with Crippen LogP contribution in [0.5, 0.6) is 17.2 Å². The molecule has 0 radical (unpaired) electrons. The van der Waals surface area contributed by atoms with Gasteiger partial charge in [-0.05, 0) is 42.0 Å². The van der Waals surface area contributed by atoms with Crippen LogP contribution in [0, 0.1) is 0 Å². The van der Waals surface area contributed by atoms with Crippen molar-refractivity contribution < 1.29 is 14.6 Å². The van der Waals surface area contributed by atoms with Crippen LogP contribution >= 0.6 is 12.2 Å². The van der Waals surface area contributed by atoms with E-state index in [0.29, 0.717) is 16.6 Å². The van der Waals surface area contributed by atoms with Crippen molar-refractivity contribution in [2.45, 2.75) is 0 Å². The summed E-state index contributed by atoms with van der Waals surface area (Å²) in [5.74, 6) is 1.42. The van der Waals surface area contributed by atoms with Crippen molar-refractivity contribution in [3.05, 3.63) is 48.0 Å². The minimum atomic E-state index is 0.181. The number of phenolic OH excluding ortho intramolecular Hbond substituents is 1. The number of ether oxygens (including phenoxy) is 2. The molecule has 0 amide bonds. The number of hydrogen-bond acceptors (Lipinski definition) is 5. The number of anilines is 1. The lowest BCUT2D eigenvalue weighted by Gasteiger charge is -2.11. The molecule has 120 valence electrons. The summed E-state index contributed by atoms with van der Waals surface area (Å²) in [6.07, 6.45) is 1.56. The number of phenols is 1. The number of nitrogens with one attached hydrogen (secondary N) is 2. The lowest BCUT2D eigenvalue weighted by atomic mass is 10.2. The molecule has 0 unspecified atom stereocenters. The topological polar surface area (TPSA) is 75.1 Å². The Bertz CT molecular complexity index is 719. The van der Waals surface area contributed by atoms with E-state index in [1.807, 2.05) is 12.1 Å². The molecule has 0 saturated carbocycles. The first kappa shape index (κ1) is 16.6. The van der Waals surface area contributed by atoms with Crippen LogP contribution in [0.4, 0.5) is 5.69 Å². The summed E-state index contributed by atoms with van der Waals surface area (Å²) in [4.78, 5) is 0. The molecule has 0 fully saturated rings. The summed E-state index contributed by atoms with van der Waals surface area (Å²) in [7, 11) is 3.14. The highest BCUT2D eigenvalue weighted by Gasteiger charge is 2.05. The minimum Gasteiger partial charge on any atom is -0.508 e. The molecule has 0 aliphatic rings. The van der Waals surface area contributed by atoms with Crippen molar-refractivity contribution in [1.29, 1.82) is 0 Å². The van der Waals surface area contributed by atoms with Gasteiger partial charge in [-0.3, -0.25) is 5.43 Å². The molecular weight excluding hydrogens is 314 g/mol. The standard InChI is InChI=1S/C16H17N3O3S/c1-21-14-7-6-12(9-15(14)22-2)18-16(23)19-17-10-11-4-3-5-13(20)8-11/h3-10,20H,1-2H3,(H2,18,19,23)/b17-10-. The van der Waals surface area contributed by atoms with Crippen molar-refractivity contribution >= 4 is 29.2 Å². The van der Waals surface area contributed by atoms with E-state index < -0.39 is 0 Å². The molecule has 6 nitrogen and oxygen atoms in total. The second-order valence-electron chi connectivity index (χ2n) is 4.49. The number of hydrogen-bond donors (Lipinski definition) is 3. The third-order valence-corrected chi connectivity index (χ3v) is 3.08. The Labute approximate surface area is 139 Å². The zero-order chi connectivity index (χ0) is 16.7. The van der Waals surface area contributed by atoms with Crippen LogP contribution in [0.1, 0.15) is 5.56 Å². The Morgan fingerprint density at radius 2 is 1.91 bits per heavy atom. The van der Waals surface area contributed by atoms with Crippen molar-refractivity contribution in [2.24, 2.45) is 5.10 Å². The van der Waals surface area contributed by atoms with Gasteiger partial charge < -0.3 is 19.9 Å². The molecule has 2 rings (SSSR count). The van der Waals surface area contributed by atoms with E-state index in [9.17, 15) is 5.11 Å². The van der Waals surface area contributed by atoms with Gasteiger partial charge in [0.05, 0.1) is 20.4 Å². The summed E-state index contributed by atoms with van der Waals surface area (Å²) < 4.78 is 10.4. The molecule has 2 aromatic rings. The van der Waals surface area contributed by atoms with E-state index in [-0.39, 0.29) is 5.75 Å². The van der Waals surface area contributed by atoms with Crippen LogP contribution < -0.4 is 20.2 Å². The fraction of sp³-hybridized carbons (Fsp3) is 0.125. The number of aromatic hydroxyl groups is 1. The molecule has 0 aromatic heterocycles. The quantitative estimate of drug-likeness (QED) is 0.444. The van der Waals surface area contributed by atoms with Crippen molar-refractivity contribution in [1.82, 2.24) is 5.43 Å². The van der Waals surface area contributed by atoms with E-state index in [0.717, 1.165) is 11.3 Å². The first-order chi connectivity index (χ1) is 11.1. The zero-order valence-electron chi connectivity index (χ0n) is 12.7. The summed E-state index contributed by atoms with van der Waals surface area (Å²) in [5.41, 5.74) is 4.20. The molecule has 2 aromatic carbocycles. The lowest BCUT2D eigenvalue weighted by molar-refractivity contribution is 0.355. The van der Waals surface area contributed by atoms with Gasteiger partial charge in [0.2, 0.25) is 0 Å². The van der Waals surface area contributed by atoms with Gasteiger partial charge in [0, 0.05) is 11.8 Å². The van der Waals surface area contributed by atoms with Crippen LogP contribution in [0.25, 0.3) is 0 Å². The van der Waals surface area contributed by atoms with Gasteiger partial charge in [-0.15, -0.1) is 0 Å². The van der Waals surface area contributed by atoms with E-state index >= 15 is 0 Å². The summed E-state index contributed by atoms with van der Waals surface area (Å²) >= 11 is 5.16. The number of rotatable bonds is 5. The third-order valence-electron chi connectivity index (χ3n) is 2.89. The highest BCUT2D eigenvalue weighted by atomic mass is 32.1. The molecular formula is C16H17N3O3S. The molecule has 23 heavy (non-hydrogen) atoms. The Balaban J connectivity index is 1.94. The average Bonchev–Trinajstić information content (AvgIpc) is 2.54. The SMILES string of the molecule is COc1ccc(NC(=S)N/N=C\c2cccc(O)c2)cc1OC. The molecule has 3 N–H and O–H groups in total. The molecule has 0 saturated heterocycles. The van der Waals surface area contributed by atoms with Gasteiger partial charge in [0.15, 0.2) is 16.6 Å². The van der Waals surface area contributed by atoms with Gasteiger partial charge in [-0.2, -0.15) is 5.10 Å². The smallest absolute Gasteiger partial charge is 0.191 e. The molecule has 0 aliphatic carbocycles. The zero-order valence-corrected chi connectivity index (χ0v) is 13.6. The van der Waals surface area contributed by atoms with E-state index in [1.165, 1.54) is 0 Å². The van der Waals surface area contributed by atoms with Crippen LogP contribution in [-0.4, -0.2) is 30.7 Å². The summed E-state index contributed by atoms with van der Waals surface area (Å²) in [6.45, 7) is 0. The van der Waals surface area contributed by atoms with Crippen LogP contribution in [0.3, 0.4) is 0 Å². The number of hydrazone groups is 1. The second kappa shape index (κ2) is 8.00. The predicted octanol–water partition coefficient (Wildman–Crippen LogP) is 2.73. The van der Waals surface area contributed by atoms with Crippen LogP contribution in [0.15, 0.2) is 47.6 Å². The van der Waals surface area contributed by atoms with Gasteiger partial charge >= 0.3 is 0 Å². The summed E-state index contributed by atoms with van der Waals surface area (Å²) in [5, 5.41) is 16.7. The maximum absolute atomic E-state index is 9.37. The number of nitrogens with zero attached hydrogens (tertiary/aromatic N) is 1. The first-order valence-electron chi connectivity index (χ1n) is 6.73. The first-order valence-corrected chi connectivity index (χ1v) is 7.14. The van der Waals surface area contributed by atoms with Crippen molar-refractivity contribution in [3.8, 4) is 17.2 Å². The molecule has 0 aliphatic heterocycles. The minimum absolute atomic E-state index is 0.181. The molecule has 0 atom stereocenters. The fourth-order valence-corrected chi connectivity index (χ4v) is 2.01. The predicted molar refractivity (Wildman–Crippen MR) is 94.6 cm³/mol. The largest absolute Gasteiger partial charge is 0.508 e. The molecule has 0 bridgehead atoms. The van der Waals surface area contributed by atoms with Crippen LogP contribution in [-0.2, 0) is 0 Å². The summed E-state index contributed by atoms with van der Waals surface area (Å²) in [6, 6.07) is 12.1. The van der Waals surface area contributed by atoms with Gasteiger partial charge in [0.25, 0.3) is 0 Å². The van der Waals surface area contributed by atoms with E-state index in [2.05, 4.69) is 15.8 Å². The Hall–Kier alpha value is -2.80. The molecule has 7 heteroatoms. The Kier molecular flexibility index (Phi) is 5.76. The van der Waals surface area contributed by atoms with Crippen LogP contribution in [0.2, 0.25) is 0 Å². The van der Waals surface area contributed by atoms with E-state index in [1.54, 1.807) is 50.8 Å². The molecule has 0 heterocycles. The van der Waals surface area contributed by atoms with Gasteiger partial charge in [0.1, 0.15) is 5.75 Å². The maximum Gasteiger partial charge on any atom is 0.191 e. The normalized spacial score (nSPS) is 10.3. The Morgan fingerprint density at radius 3 is 2.61 bits per heavy atom. The highest BCUT2D eigenvalue weighted by Crippen LogP contribution is 2.29. The second-order valence-corrected chi connectivity index (χ2v) is 4.90. The van der Waals surface area contributed by atoms with Gasteiger partial charge in [-0.25, -0.2) is 0 Å². The Morgan fingerprint density at radius 1 is 1.13 bits per heavy atom. The third kappa shape index (κ3) is 4.86. The van der Waals surface area contributed by atoms with Crippen molar-refractivity contribution in [3.63, 3.8) is 0 Å². The monoisotopic (exact) mass is 331 g/mol. The van der Waals surface area contributed by atoms with Gasteiger partial charge in [-0.1, -0.05) is 12.1 Å². The maximum atomic E-state index is 9.37. The van der Waals surface area contributed by atoms with E-state index in [4.69, 9.17) is 21.7 Å². The lowest BCUT2D eigenvalue weighted by Crippen LogP contribution is -2.23. The fourth-order valence-electron chi connectivity index (χ4n) is 1.84. The highest BCUT2D eigenvalue weighted by molar-refractivity contribution is 7.80. The average molecular weight is 331 g/mol. The molecule has 0 spiro atoms. The number of thiocarbonyl (C=S) groups is 1. The van der Waals surface area contributed by atoms with Crippen molar-refractivity contribution in [2.75, 3.05) is 19.5 Å².